The maximum absolute atomic E-state index is 5.67. The Morgan fingerprint density at radius 1 is 1.58 bits per heavy atom. The second-order valence-corrected chi connectivity index (χ2v) is 3.52. The molecule has 0 radical (unpaired) electrons. The zero-order valence-electron chi connectivity index (χ0n) is 7.50. The van der Waals surface area contributed by atoms with Crippen LogP contribution in [-0.4, -0.2) is 14.8 Å². The van der Waals surface area contributed by atoms with Crippen molar-refractivity contribution in [3.8, 4) is 0 Å². The van der Waals surface area contributed by atoms with E-state index in [1.54, 1.807) is 6.33 Å². The Morgan fingerprint density at radius 2 is 2.33 bits per heavy atom. The average Bonchev–Trinajstić information content (AvgIpc) is 2.47. The number of rotatable bonds is 4. The monoisotopic (exact) mass is 187 g/mol. The van der Waals surface area contributed by atoms with Crippen molar-refractivity contribution in [1.29, 1.82) is 0 Å². The molecule has 0 atom stereocenters. The average molecular weight is 188 g/mol. The Morgan fingerprint density at radius 3 is 2.92 bits per heavy atom. The van der Waals surface area contributed by atoms with Gasteiger partial charge < -0.3 is 4.57 Å². The predicted octanol–water partition coefficient (Wildman–Crippen LogP) is 2.06. The van der Waals surface area contributed by atoms with Crippen LogP contribution in [0.5, 0.6) is 0 Å². The third-order valence-corrected chi connectivity index (χ3v) is 2.00. The second kappa shape index (κ2) is 4.45. The van der Waals surface area contributed by atoms with Gasteiger partial charge in [0.05, 0.1) is 5.88 Å². The first-order valence-corrected chi connectivity index (χ1v) is 4.70. The fourth-order valence-electron chi connectivity index (χ4n) is 0.966. The van der Waals surface area contributed by atoms with Crippen LogP contribution in [0.1, 0.15) is 26.1 Å². The zero-order chi connectivity index (χ0) is 8.97. The van der Waals surface area contributed by atoms with Crippen molar-refractivity contribution in [3.63, 3.8) is 0 Å². The first kappa shape index (κ1) is 9.52. The molecule has 0 amide bonds. The topological polar surface area (TPSA) is 30.7 Å². The first-order valence-electron chi connectivity index (χ1n) is 4.16. The SMILES string of the molecule is CC(C)CCn1cnnc1CCl. The van der Waals surface area contributed by atoms with Gasteiger partial charge in [-0.15, -0.1) is 21.8 Å². The lowest BCUT2D eigenvalue weighted by molar-refractivity contribution is 0.508. The summed E-state index contributed by atoms with van der Waals surface area (Å²) < 4.78 is 2.01. The molecule has 68 valence electrons. The molecule has 4 heteroatoms. The van der Waals surface area contributed by atoms with Gasteiger partial charge in [-0.1, -0.05) is 13.8 Å². The van der Waals surface area contributed by atoms with E-state index in [9.17, 15) is 0 Å². The van der Waals surface area contributed by atoms with Crippen LogP contribution < -0.4 is 0 Å². The van der Waals surface area contributed by atoms with Crippen LogP contribution in [0.2, 0.25) is 0 Å². The molecule has 1 rings (SSSR count). The van der Waals surface area contributed by atoms with Crippen molar-refractivity contribution >= 4 is 11.6 Å². The van der Waals surface area contributed by atoms with Crippen molar-refractivity contribution < 1.29 is 0 Å². The minimum Gasteiger partial charge on any atom is -0.317 e. The number of halogens is 1. The fourth-order valence-corrected chi connectivity index (χ4v) is 1.17. The molecule has 0 bridgehead atoms. The van der Waals surface area contributed by atoms with E-state index in [-0.39, 0.29) is 0 Å². The minimum absolute atomic E-state index is 0.443. The Labute approximate surface area is 77.8 Å². The highest BCUT2D eigenvalue weighted by Gasteiger charge is 2.02. The molecule has 0 N–H and O–H groups in total. The second-order valence-electron chi connectivity index (χ2n) is 3.26. The number of hydrogen-bond acceptors (Lipinski definition) is 2. The highest BCUT2D eigenvalue weighted by atomic mass is 35.5. The number of nitrogens with zero attached hydrogens (tertiary/aromatic N) is 3. The van der Waals surface area contributed by atoms with Gasteiger partial charge in [0.2, 0.25) is 0 Å². The number of aryl methyl sites for hydroxylation is 1. The molecule has 0 aliphatic heterocycles. The van der Waals surface area contributed by atoms with E-state index in [0.717, 1.165) is 18.8 Å². The molecule has 1 aromatic heterocycles. The normalized spacial score (nSPS) is 11.0. The molecule has 3 nitrogen and oxygen atoms in total. The Balaban J connectivity index is 2.50. The quantitative estimate of drug-likeness (QED) is 0.676. The predicted molar refractivity (Wildman–Crippen MR) is 49.0 cm³/mol. The van der Waals surface area contributed by atoms with Crippen LogP contribution in [0, 0.1) is 5.92 Å². The highest BCUT2D eigenvalue weighted by molar-refractivity contribution is 6.16. The van der Waals surface area contributed by atoms with Gasteiger partial charge in [0.15, 0.2) is 0 Å². The van der Waals surface area contributed by atoms with Crippen LogP contribution in [-0.2, 0) is 12.4 Å². The Bertz CT molecular complexity index is 232. The van der Waals surface area contributed by atoms with Gasteiger partial charge in [-0.05, 0) is 12.3 Å². The van der Waals surface area contributed by atoms with E-state index in [1.165, 1.54) is 0 Å². The molecular weight excluding hydrogens is 174 g/mol. The molecule has 0 fully saturated rings. The van der Waals surface area contributed by atoms with Gasteiger partial charge in [-0.2, -0.15) is 0 Å². The van der Waals surface area contributed by atoms with E-state index < -0.39 is 0 Å². The number of alkyl halides is 1. The van der Waals surface area contributed by atoms with Crippen molar-refractivity contribution in [2.75, 3.05) is 0 Å². The van der Waals surface area contributed by atoms with E-state index in [4.69, 9.17) is 11.6 Å². The lowest BCUT2D eigenvalue weighted by atomic mass is 10.1. The Kier molecular flexibility index (Phi) is 3.53. The number of aromatic nitrogens is 3. The number of hydrogen-bond donors (Lipinski definition) is 0. The Hall–Kier alpha value is -0.570. The summed E-state index contributed by atoms with van der Waals surface area (Å²) in [6.45, 7) is 5.36. The molecular formula is C8H14ClN3. The maximum atomic E-state index is 5.67. The van der Waals surface area contributed by atoms with Crippen LogP contribution in [0.4, 0.5) is 0 Å². The zero-order valence-corrected chi connectivity index (χ0v) is 8.25. The summed E-state index contributed by atoms with van der Waals surface area (Å²) in [4.78, 5) is 0. The molecule has 0 aliphatic rings. The molecule has 0 saturated heterocycles. The minimum atomic E-state index is 0.443. The molecule has 0 unspecified atom stereocenters. The van der Waals surface area contributed by atoms with Crippen LogP contribution in [0.25, 0.3) is 0 Å². The van der Waals surface area contributed by atoms with Crippen LogP contribution in [0.3, 0.4) is 0 Å². The van der Waals surface area contributed by atoms with Gasteiger partial charge in [0.1, 0.15) is 12.2 Å². The van der Waals surface area contributed by atoms with Crippen molar-refractivity contribution in [2.45, 2.75) is 32.7 Å². The molecule has 0 saturated carbocycles. The molecule has 1 heterocycles. The summed E-state index contributed by atoms with van der Waals surface area (Å²) in [6.07, 6.45) is 2.88. The summed E-state index contributed by atoms with van der Waals surface area (Å²) in [7, 11) is 0. The molecule has 0 aliphatic carbocycles. The van der Waals surface area contributed by atoms with Crippen LogP contribution >= 0.6 is 11.6 Å². The lowest BCUT2D eigenvalue weighted by Crippen LogP contribution is -2.03. The van der Waals surface area contributed by atoms with E-state index in [1.807, 2.05) is 4.57 Å². The van der Waals surface area contributed by atoms with E-state index in [0.29, 0.717) is 11.8 Å². The van der Waals surface area contributed by atoms with Gasteiger partial charge >= 0.3 is 0 Å². The molecule has 0 spiro atoms. The first-order chi connectivity index (χ1) is 5.74. The highest BCUT2D eigenvalue weighted by Crippen LogP contribution is 2.05. The summed E-state index contributed by atoms with van der Waals surface area (Å²) >= 11 is 5.67. The van der Waals surface area contributed by atoms with Gasteiger partial charge in [-0.3, -0.25) is 0 Å². The third kappa shape index (κ3) is 2.48. The van der Waals surface area contributed by atoms with Gasteiger partial charge in [-0.25, -0.2) is 0 Å². The van der Waals surface area contributed by atoms with E-state index >= 15 is 0 Å². The van der Waals surface area contributed by atoms with Crippen LogP contribution in [0.15, 0.2) is 6.33 Å². The molecule has 1 aromatic rings. The summed E-state index contributed by atoms with van der Waals surface area (Å²) in [5.41, 5.74) is 0. The summed E-state index contributed by atoms with van der Waals surface area (Å²) in [5, 5.41) is 7.69. The van der Waals surface area contributed by atoms with Gasteiger partial charge in [0, 0.05) is 6.54 Å². The maximum Gasteiger partial charge on any atom is 0.147 e. The van der Waals surface area contributed by atoms with Crippen molar-refractivity contribution in [2.24, 2.45) is 5.92 Å². The lowest BCUT2D eigenvalue weighted by Gasteiger charge is -2.06. The van der Waals surface area contributed by atoms with Crippen molar-refractivity contribution in [3.05, 3.63) is 12.2 Å². The summed E-state index contributed by atoms with van der Waals surface area (Å²) in [5.74, 6) is 2.01. The standard InChI is InChI=1S/C8H14ClN3/c1-7(2)3-4-12-6-10-11-8(12)5-9/h6-7H,3-5H2,1-2H3. The largest absolute Gasteiger partial charge is 0.317 e. The smallest absolute Gasteiger partial charge is 0.147 e. The third-order valence-electron chi connectivity index (χ3n) is 1.76. The fraction of sp³-hybridized carbons (Fsp3) is 0.750. The summed E-state index contributed by atoms with van der Waals surface area (Å²) in [6, 6.07) is 0. The van der Waals surface area contributed by atoms with Crippen molar-refractivity contribution in [1.82, 2.24) is 14.8 Å². The molecule has 12 heavy (non-hydrogen) atoms. The van der Waals surface area contributed by atoms with Gasteiger partial charge in [0.25, 0.3) is 0 Å². The molecule has 0 aromatic carbocycles. The van der Waals surface area contributed by atoms with E-state index in [2.05, 4.69) is 24.0 Å².